The third-order valence-electron chi connectivity index (χ3n) is 0.0962. The fourth-order valence-electron chi connectivity index (χ4n) is 0. The van der Waals surface area contributed by atoms with Crippen LogP contribution in [0.25, 0.3) is 0 Å². The van der Waals surface area contributed by atoms with Crippen LogP contribution in [0.3, 0.4) is 0 Å². The van der Waals surface area contributed by atoms with Crippen LogP contribution in [-0.2, 0) is 0 Å². The molecule has 0 N–H and O–H groups in total. The van der Waals surface area contributed by atoms with Gasteiger partial charge in [0.25, 0.3) is 0 Å². The minimum atomic E-state index is 1.08. The third kappa shape index (κ3) is 3.03. The fraction of sp³-hybridized carbons (Fsp3) is 0.333. The Kier molecular flexibility index (Phi) is 5.06. The van der Waals surface area contributed by atoms with Gasteiger partial charge in [0.05, 0.1) is 0 Å². The molecule has 0 aromatic heterocycles. The van der Waals surface area contributed by atoms with E-state index in [0.717, 1.165) is 2.39 Å². The standard InChI is InChI=1S/C3H5.Tb/c1-3-2;/h3H,1-2H2;. The van der Waals surface area contributed by atoms with Crippen molar-refractivity contribution in [3.05, 3.63) is 12.7 Å². The summed E-state index contributed by atoms with van der Waals surface area (Å²) in [5, 5.41) is 0. The first-order valence-corrected chi connectivity index (χ1v) is 2.56. The van der Waals surface area contributed by atoms with E-state index in [1.54, 1.807) is 0 Å². The zero-order chi connectivity index (χ0) is 3.41. The summed E-state index contributed by atoms with van der Waals surface area (Å²) in [6.45, 7) is 3.48. The van der Waals surface area contributed by atoms with Gasteiger partial charge >= 0.3 is 51.7 Å². The van der Waals surface area contributed by atoms with Crippen molar-refractivity contribution in [2.75, 3.05) is 0 Å². The maximum absolute atomic E-state index is 3.48. The Hall–Kier alpha value is 1.03. The van der Waals surface area contributed by atoms with Crippen molar-refractivity contribution >= 4 is 0 Å². The summed E-state index contributed by atoms with van der Waals surface area (Å²) in [4.78, 5) is 0. The van der Waals surface area contributed by atoms with Gasteiger partial charge in [0.15, 0.2) is 0 Å². The van der Waals surface area contributed by atoms with Gasteiger partial charge in [-0.25, -0.2) is 0 Å². The molecule has 0 heterocycles. The first kappa shape index (κ1) is 5.03. The van der Waals surface area contributed by atoms with Crippen molar-refractivity contribution in [2.45, 2.75) is 2.39 Å². The van der Waals surface area contributed by atoms with Gasteiger partial charge in [-0.15, -0.1) is 0 Å². The Morgan fingerprint density at radius 1 is 2.00 bits per heavy atom. The summed E-state index contributed by atoms with van der Waals surface area (Å²) in [5.41, 5.74) is 0. The number of allylic oxidation sites excluding steroid dienone is 1. The third-order valence-corrected chi connectivity index (χ3v) is 0.714. The van der Waals surface area contributed by atoms with Crippen LogP contribution in [0.4, 0.5) is 0 Å². The molecular weight excluding hydrogens is 195 g/mol. The van der Waals surface area contributed by atoms with Gasteiger partial charge in [-0.3, -0.25) is 0 Å². The molecule has 0 saturated heterocycles. The molecule has 0 atom stereocenters. The monoisotopic (exact) mass is 200 g/mol. The predicted octanol–water partition coefficient (Wildman–Crippen LogP) is 1.14. The van der Waals surface area contributed by atoms with Gasteiger partial charge in [0, 0.05) is 0 Å². The Labute approximate surface area is 51.2 Å². The van der Waals surface area contributed by atoms with Crippen LogP contribution in [0, 0.1) is 36.6 Å². The SMILES string of the molecule is C=C[CH2][Tb]. The second-order valence-electron chi connectivity index (χ2n) is 0.425. The van der Waals surface area contributed by atoms with Crippen molar-refractivity contribution in [3.63, 3.8) is 0 Å². The van der Waals surface area contributed by atoms with E-state index >= 15 is 0 Å². The summed E-state index contributed by atoms with van der Waals surface area (Å²) in [5.74, 6) is 0. The second-order valence-corrected chi connectivity index (χ2v) is 1.30. The van der Waals surface area contributed by atoms with Crippen molar-refractivity contribution in [3.8, 4) is 0 Å². The van der Waals surface area contributed by atoms with Crippen LogP contribution in [0.1, 0.15) is 0 Å². The fourth-order valence-corrected chi connectivity index (χ4v) is 0. The Balaban J connectivity index is 2.30. The normalized spacial score (nSPS) is 6.50. The van der Waals surface area contributed by atoms with Gasteiger partial charge in [0.1, 0.15) is 0 Å². The van der Waals surface area contributed by atoms with E-state index in [1.807, 2.05) is 6.08 Å². The van der Waals surface area contributed by atoms with E-state index in [1.165, 1.54) is 0 Å². The average molecular weight is 200 g/mol. The number of rotatable bonds is 1. The van der Waals surface area contributed by atoms with Gasteiger partial charge in [-0.2, -0.15) is 0 Å². The summed E-state index contributed by atoms with van der Waals surface area (Å²) in [7, 11) is 0. The first-order valence-electron chi connectivity index (χ1n) is 1.05. The molecule has 0 fully saturated rings. The van der Waals surface area contributed by atoms with Crippen LogP contribution < -0.4 is 0 Å². The molecule has 0 unspecified atom stereocenters. The maximum atomic E-state index is 3.48. The summed E-state index contributed by atoms with van der Waals surface area (Å²) < 4.78 is 1.08. The molecule has 26 valence electrons. The zero-order valence-corrected chi connectivity index (χ0v) is 4.46. The summed E-state index contributed by atoms with van der Waals surface area (Å²) >= 11 is 2.06. The van der Waals surface area contributed by atoms with Gasteiger partial charge in [-0.05, 0) is 0 Å². The molecule has 0 radical (unpaired) electrons. The first-order chi connectivity index (χ1) is 1.91. The van der Waals surface area contributed by atoms with Crippen LogP contribution in [-0.4, -0.2) is 0 Å². The molecule has 0 aliphatic carbocycles. The molecule has 0 aliphatic heterocycles. The molecule has 0 bridgehead atoms. The summed E-state index contributed by atoms with van der Waals surface area (Å²) in [6, 6.07) is 0. The number of hydrogen-bond acceptors (Lipinski definition) is 0. The molecule has 0 nitrogen and oxygen atoms in total. The predicted molar refractivity (Wildman–Crippen MR) is 15.0 cm³/mol. The quantitative estimate of drug-likeness (QED) is 0.556. The molecular formula is C3H5Tb. The van der Waals surface area contributed by atoms with Crippen LogP contribution >= 0.6 is 0 Å². The summed E-state index contributed by atoms with van der Waals surface area (Å²) in [6.07, 6.45) is 1.88. The molecule has 1 heteroatoms. The second kappa shape index (κ2) is 4.03. The van der Waals surface area contributed by atoms with Crippen LogP contribution in [0.15, 0.2) is 12.7 Å². The van der Waals surface area contributed by atoms with E-state index in [4.69, 9.17) is 0 Å². The molecule has 4 heavy (non-hydrogen) atoms. The molecule has 0 saturated carbocycles. The molecule has 0 rings (SSSR count). The molecule has 0 aromatic rings. The van der Waals surface area contributed by atoms with E-state index < -0.39 is 0 Å². The van der Waals surface area contributed by atoms with E-state index in [2.05, 4.69) is 43.2 Å². The van der Waals surface area contributed by atoms with Crippen molar-refractivity contribution in [1.82, 2.24) is 0 Å². The molecule has 0 aliphatic rings. The Bertz CT molecular complexity index is 17.2. The molecule has 0 amide bonds. The minimum absolute atomic E-state index is 1.08. The van der Waals surface area contributed by atoms with E-state index in [9.17, 15) is 0 Å². The van der Waals surface area contributed by atoms with Crippen LogP contribution in [0.5, 0.6) is 0 Å². The van der Waals surface area contributed by atoms with Gasteiger partial charge in [0.2, 0.25) is 0 Å². The molecule has 0 aromatic carbocycles. The Morgan fingerprint density at radius 2 is 2.25 bits per heavy atom. The average Bonchev–Trinajstić information content (AvgIpc) is 1.37. The number of hydrogen-bond donors (Lipinski definition) is 0. The van der Waals surface area contributed by atoms with Gasteiger partial charge in [-0.1, -0.05) is 0 Å². The van der Waals surface area contributed by atoms with Gasteiger partial charge < -0.3 is 0 Å². The van der Waals surface area contributed by atoms with Crippen molar-refractivity contribution in [1.29, 1.82) is 0 Å². The van der Waals surface area contributed by atoms with E-state index in [0.29, 0.717) is 0 Å². The van der Waals surface area contributed by atoms with Crippen molar-refractivity contribution < 1.29 is 36.6 Å². The van der Waals surface area contributed by atoms with Crippen molar-refractivity contribution in [2.24, 2.45) is 0 Å². The van der Waals surface area contributed by atoms with E-state index in [-0.39, 0.29) is 0 Å². The topological polar surface area (TPSA) is 0 Å². The zero-order valence-electron chi connectivity index (χ0n) is 2.32. The molecule has 0 spiro atoms. The van der Waals surface area contributed by atoms with Crippen LogP contribution in [0.2, 0.25) is 2.39 Å². The Morgan fingerprint density at radius 3 is 2.25 bits per heavy atom.